The molecule has 4 N–H and O–H groups in total. The molecule has 26 heavy (non-hydrogen) atoms. The van der Waals surface area contributed by atoms with Gasteiger partial charge in [-0.1, -0.05) is 33.6 Å². The fraction of sp³-hybridized carbons (Fsp3) is 0.111. The van der Waals surface area contributed by atoms with E-state index >= 15 is 0 Å². The van der Waals surface area contributed by atoms with Gasteiger partial charge in [0.15, 0.2) is 0 Å². The number of aryl methyl sites for hydroxylation is 1. The molecule has 0 radical (unpaired) electrons. The van der Waals surface area contributed by atoms with Crippen LogP contribution in [-0.4, -0.2) is 20.8 Å². The smallest absolute Gasteiger partial charge is 0.266 e. The number of nitrogens with one attached hydrogen (secondary N) is 1. The minimum absolute atomic E-state index is 0.176. The molecule has 1 amide bonds. The lowest BCUT2D eigenvalue weighted by Gasteiger charge is -2.21. The maximum absolute atomic E-state index is 12.7. The van der Waals surface area contributed by atoms with Crippen molar-refractivity contribution in [1.29, 1.82) is 0 Å². The lowest BCUT2D eigenvalue weighted by atomic mass is 9.87. The second-order valence-corrected chi connectivity index (χ2v) is 7.44. The van der Waals surface area contributed by atoms with E-state index < -0.39 is 11.5 Å². The Balaban J connectivity index is 1.95. The Hall–Kier alpha value is -2.35. The molecular formula is C18H14BrClN4O2. The zero-order valence-corrected chi connectivity index (χ0v) is 16.0. The first-order valence-electron chi connectivity index (χ1n) is 7.77. The SMILES string of the molecule is Cc1nn(-c2cccc(Cl)c2)c(N)c1[C@]1(O)C(=O)Nc2ccc(Br)cc21. The largest absolute Gasteiger partial charge is 0.383 e. The third kappa shape index (κ3) is 2.35. The molecule has 3 aromatic rings. The van der Waals surface area contributed by atoms with Crippen molar-refractivity contribution >= 4 is 44.9 Å². The van der Waals surface area contributed by atoms with Gasteiger partial charge in [0, 0.05) is 20.7 Å². The van der Waals surface area contributed by atoms with Gasteiger partial charge in [-0.15, -0.1) is 0 Å². The topological polar surface area (TPSA) is 93.2 Å². The third-order valence-corrected chi connectivity index (χ3v) is 5.19. The fourth-order valence-corrected chi connectivity index (χ4v) is 3.85. The van der Waals surface area contributed by atoms with Crippen molar-refractivity contribution in [2.45, 2.75) is 12.5 Å². The summed E-state index contributed by atoms with van der Waals surface area (Å²) in [6.07, 6.45) is 0. The van der Waals surface area contributed by atoms with Crippen LogP contribution in [0.15, 0.2) is 46.9 Å². The number of aliphatic hydroxyl groups is 1. The van der Waals surface area contributed by atoms with Crippen molar-refractivity contribution in [1.82, 2.24) is 9.78 Å². The number of carbonyl (C=O) groups is 1. The average Bonchev–Trinajstić information content (AvgIpc) is 3.02. The minimum atomic E-state index is -1.93. The van der Waals surface area contributed by atoms with Gasteiger partial charge < -0.3 is 16.2 Å². The van der Waals surface area contributed by atoms with E-state index in [-0.39, 0.29) is 11.4 Å². The molecule has 0 unspecified atom stereocenters. The number of halogens is 2. The number of nitrogen functional groups attached to an aromatic ring is 1. The van der Waals surface area contributed by atoms with Gasteiger partial charge in [0.2, 0.25) is 5.60 Å². The van der Waals surface area contributed by atoms with Crippen LogP contribution in [0.3, 0.4) is 0 Å². The van der Waals surface area contributed by atoms with Crippen molar-refractivity contribution in [3.05, 3.63) is 68.8 Å². The molecule has 0 spiro atoms. The summed E-state index contributed by atoms with van der Waals surface area (Å²) >= 11 is 9.43. The monoisotopic (exact) mass is 432 g/mol. The number of amides is 1. The van der Waals surface area contributed by atoms with Crippen LogP contribution in [0.25, 0.3) is 5.69 Å². The Kier molecular flexibility index (Phi) is 3.83. The van der Waals surface area contributed by atoms with Crippen LogP contribution in [0, 0.1) is 6.92 Å². The highest BCUT2D eigenvalue weighted by atomic mass is 79.9. The third-order valence-electron chi connectivity index (χ3n) is 4.46. The first kappa shape index (κ1) is 17.1. The van der Waals surface area contributed by atoms with E-state index in [0.29, 0.717) is 27.7 Å². The quantitative estimate of drug-likeness (QED) is 0.578. The summed E-state index contributed by atoms with van der Waals surface area (Å²) in [7, 11) is 0. The van der Waals surface area contributed by atoms with Gasteiger partial charge >= 0.3 is 0 Å². The summed E-state index contributed by atoms with van der Waals surface area (Å²) in [5.74, 6) is -0.388. The molecule has 1 aliphatic rings. The molecule has 0 aliphatic carbocycles. The second kappa shape index (κ2) is 5.84. The molecule has 0 bridgehead atoms. The molecule has 0 saturated carbocycles. The van der Waals surface area contributed by atoms with Crippen LogP contribution < -0.4 is 11.1 Å². The molecule has 132 valence electrons. The Morgan fingerprint density at radius 2 is 2.08 bits per heavy atom. The summed E-state index contributed by atoms with van der Waals surface area (Å²) in [5, 5.41) is 19.0. The number of anilines is 2. The van der Waals surface area contributed by atoms with Gasteiger partial charge in [-0.25, -0.2) is 4.68 Å². The molecule has 6 nitrogen and oxygen atoms in total. The van der Waals surface area contributed by atoms with Crippen LogP contribution in [0.1, 0.15) is 16.8 Å². The zero-order chi connectivity index (χ0) is 18.6. The summed E-state index contributed by atoms with van der Waals surface area (Å²) in [5.41, 5.74) is 6.70. The van der Waals surface area contributed by atoms with Gasteiger partial charge in [0.05, 0.1) is 16.9 Å². The highest BCUT2D eigenvalue weighted by Gasteiger charge is 2.50. The fourth-order valence-electron chi connectivity index (χ4n) is 3.31. The Morgan fingerprint density at radius 3 is 2.81 bits per heavy atom. The first-order chi connectivity index (χ1) is 12.3. The van der Waals surface area contributed by atoms with E-state index in [1.165, 1.54) is 4.68 Å². The number of fused-ring (bicyclic) bond motifs is 1. The maximum atomic E-state index is 12.7. The number of carbonyl (C=O) groups excluding carboxylic acids is 1. The number of nitrogens with two attached hydrogens (primary N) is 1. The molecule has 0 saturated heterocycles. The average molecular weight is 434 g/mol. The molecule has 4 rings (SSSR count). The standard InChI is InChI=1S/C18H14BrClN4O2/c1-9-15(16(21)24(23-9)12-4-2-3-11(20)8-12)18(26)13-7-10(19)5-6-14(13)22-17(18)25/h2-8,26H,21H2,1H3,(H,22,25)/t18-/m0/s1. The van der Waals surface area contributed by atoms with Gasteiger partial charge in [0.1, 0.15) is 5.82 Å². The van der Waals surface area contributed by atoms with E-state index in [1.807, 2.05) is 0 Å². The van der Waals surface area contributed by atoms with E-state index in [9.17, 15) is 9.90 Å². The number of nitrogens with zero attached hydrogens (tertiary/aromatic N) is 2. The van der Waals surface area contributed by atoms with Crippen LogP contribution in [0.5, 0.6) is 0 Å². The molecule has 1 aliphatic heterocycles. The summed E-state index contributed by atoms with van der Waals surface area (Å²) < 4.78 is 2.21. The van der Waals surface area contributed by atoms with Crippen molar-refractivity contribution in [2.24, 2.45) is 0 Å². The van der Waals surface area contributed by atoms with Gasteiger partial charge in [0.25, 0.3) is 5.91 Å². The molecule has 2 aromatic carbocycles. The van der Waals surface area contributed by atoms with Gasteiger partial charge in [-0.3, -0.25) is 4.79 Å². The molecule has 1 atom stereocenters. The van der Waals surface area contributed by atoms with Crippen molar-refractivity contribution in [3.63, 3.8) is 0 Å². The highest BCUT2D eigenvalue weighted by Crippen LogP contribution is 2.45. The van der Waals surface area contributed by atoms with Crippen molar-refractivity contribution < 1.29 is 9.90 Å². The number of hydrogen-bond acceptors (Lipinski definition) is 4. The van der Waals surface area contributed by atoms with Crippen molar-refractivity contribution in [2.75, 3.05) is 11.1 Å². The predicted molar refractivity (Wildman–Crippen MR) is 103 cm³/mol. The number of hydrogen-bond donors (Lipinski definition) is 3. The summed E-state index contributed by atoms with van der Waals surface area (Å²) in [6, 6.07) is 12.2. The highest BCUT2D eigenvalue weighted by molar-refractivity contribution is 9.10. The van der Waals surface area contributed by atoms with Gasteiger partial charge in [-0.2, -0.15) is 5.10 Å². The lowest BCUT2D eigenvalue weighted by Crippen LogP contribution is -2.36. The van der Waals surface area contributed by atoms with Crippen molar-refractivity contribution in [3.8, 4) is 5.69 Å². The molecule has 0 fully saturated rings. The van der Waals surface area contributed by atoms with E-state index in [2.05, 4.69) is 26.3 Å². The number of rotatable bonds is 2. The van der Waals surface area contributed by atoms with Crippen LogP contribution >= 0.6 is 27.5 Å². The zero-order valence-electron chi connectivity index (χ0n) is 13.6. The van der Waals surface area contributed by atoms with Crippen LogP contribution in [-0.2, 0) is 10.4 Å². The predicted octanol–water partition coefficient (Wildman–Crippen LogP) is 3.37. The van der Waals surface area contributed by atoms with E-state index in [4.69, 9.17) is 17.3 Å². The Labute approximate surface area is 162 Å². The molecule has 8 heteroatoms. The first-order valence-corrected chi connectivity index (χ1v) is 8.95. The maximum Gasteiger partial charge on any atom is 0.266 e. The van der Waals surface area contributed by atoms with Crippen LogP contribution in [0.2, 0.25) is 5.02 Å². The Morgan fingerprint density at radius 1 is 1.31 bits per heavy atom. The van der Waals surface area contributed by atoms with E-state index in [1.54, 1.807) is 49.4 Å². The van der Waals surface area contributed by atoms with E-state index in [0.717, 1.165) is 4.47 Å². The number of aromatic nitrogens is 2. The normalized spacial score (nSPS) is 18.7. The summed E-state index contributed by atoms with van der Waals surface area (Å²) in [6.45, 7) is 1.70. The minimum Gasteiger partial charge on any atom is -0.383 e. The molecule has 2 heterocycles. The molecule has 1 aromatic heterocycles. The van der Waals surface area contributed by atoms with Gasteiger partial charge in [-0.05, 0) is 43.3 Å². The summed E-state index contributed by atoms with van der Waals surface area (Å²) in [4.78, 5) is 12.7. The molecular weight excluding hydrogens is 420 g/mol. The Bertz CT molecular complexity index is 1070. The second-order valence-electron chi connectivity index (χ2n) is 6.09. The lowest BCUT2D eigenvalue weighted by molar-refractivity contribution is -0.129. The van der Waals surface area contributed by atoms with Crippen LogP contribution in [0.4, 0.5) is 11.5 Å². The number of benzene rings is 2.